The zero-order chi connectivity index (χ0) is 14.9. The van der Waals surface area contributed by atoms with Crippen LogP contribution in [0.15, 0.2) is 6.07 Å². The summed E-state index contributed by atoms with van der Waals surface area (Å²) in [4.78, 5) is 13.3. The Morgan fingerprint density at radius 3 is 2.60 bits per heavy atom. The summed E-state index contributed by atoms with van der Waals surface area (Å²) < 4.78 is 39.9. The van der Waals surface area contributed by atoms with Crippen LogP contribution in [0.25, 0.3) is 0 Å². The van der Waals surface area contributed by atoms with Gasteiger partial charge in [-0.3, -0.25) is 4.79 Å². The molecular formula is C14H12F3NO2. The van der Waals surface area contributed by atoms with Gasteiger partial charge in [0, 0.05) is 6.54 Å². The fraction of sp³-hybridized carbons (Fsp3) is 0.357. The van der Waals surface area contributed by atoms with E-state index in [0.717, 1.165) is 12.8 Å². The number of hydrogen-bond donors (Lipinski definition) is 1. The Morgan fingerprint density at radius 2 is 2.05 bits per heavy atom. The highest BCUT2D eigenvalue weighted by Gasteiger charge is 2.30. The average Bonchev–Trinajstić information content (AvgIpc) is 3.23. The van der Waals surface area contributed by atoms with E-state index in [1.165, 1.54) is 4.90 Å². The Balaban J connectivity index is 2.33. The molecule has 3 nitrogen and oxygen atoms in total. The molecule has 0 atom stereocenters. The lowest BCUT2D eigenvalue weighted by atomic mass is 10.1. The van der Waals surface area contributed by atoms with Crippen molar-refractivity contribution in [1.29, 1.82) is 0 Å². The second kappa shape index (κ2) is 5.45. The predicted molar refractivity (Wildman–Crippen MR) is 65.4 cm³/mol. The maximum absolute atomic E-state index is 13.7. The van der Waals surface area contributed by atoms with Gasteiger partial charge in [0.2, 0.25) is 5.82 Å². The Morgan fingerprint density at radius 1 is 1.40 bits per heavy atom. The summed E-state index contributed by atoms with van der Waals surface area (Å²) in [6.45, 7) is 0.275. The Hall–Kier alpha value is -2.16. The Labute approximate surface area is 114 Å². The molecule has 0 bridgehead atoms. The van der Waals surface area contributed by atoms with Gasteiger partial charge >= 0.3 is 0 Å². The molecule has 1 aromatic carbocycles. The zero-order valence-electron chi connectivity index (χ0n) is 10.5. The summed E-state index contributed by atoms with van der Waals surface area (Å²) in [5.41, 5.74) is -0.725. The number of nitrogens with zero attached hydrogens (tertiary/aromatic N) is 1. The first kappa shape index (κ1) is 14.3. The van der Waals surface area contributed by atoms with Gasteiger partial charge in [-0.1, -0.05) is 5.92 Å². The molecule has 1 fully saturated rings. The minimum absolute atomic E-state index is 0.0610. The highest BCUT2D eigenvalue weighted by Crippen LogP contribution is 2.31. The number of phenolic OH excluding ortho intramolecular Hbond substituents is 1. The molecule has 1 saturated carbocycles. The molecule has 0 aliphatic heterocycles. The first-order valence-electron chi connectivity index (χ1n) is 6.05. The number of terminal acetylenes is 1. The second-order valence-electron chi connectivity index (χ2n) is 4.72. The molecule has 2 rings (SSSR count). The number of halogens is 3. The van der Waals surface area contributed by atoms with Crippen molar-refractivity contribution in [3.63, 3.8) is 0 Å². The molecular weight excluding hydrogens is 271 g/mol. The summed E-state index contributed by atoms with van der Waals surface area (Å²) in [7, 11) is 0. The van der Waals surface area contributed by atoms with Crippen molar-refractivity contribution in [2.45, 2.75) is 12.8 Å². The smallest absolute Gasteiger partial charge is 0.257 e. The molecule has 106 valence electrons. The van der Waals surface area contributed by atoms with Crippen LogP contribution in [0.5, 0.6) is 5.75 Å². The van der Waals surface area contributed by atoms with Crippen LogP contribution < -0.4 is 0 Å². The Kier molecular flexibility index (Phi) is 3.89. The molecule has 0 unspecified atom stereocenters. The van der Waals surface area contributed by atoms with Crippen LogP contribution in [0.1, 0.15) is 23.2 Å². The van der Waals surface area contributed by atoms with Crippen molar-refractivity contribution < 1.29 is 23.1 Å². The van der Waals surface area contributed by atoms with Gasteiger partial charge < -0.3 is 10.0 Å². The molecule has 0 radical (unpaired) electrons. The van der Waals surface area contributed by atoms with Crippen molar-refractivity contribution in [2.75, 3.05) is 13.1 Å². The van der Waals surface area contributed by atoms with Crippen LogP contribution in [0.4, 0.5) is 13.2 Å². The molecule has 1 aromatic rings. The fourth-order valence-corrected chi connectivity index (χ4v) is 1.86. The van der Waals surface area contributed by atoms with Crippen molar-refractivity contribution in [1.82, 2.24) is 4.90 Å². The van der Waals surface area contributed by atoms with Crippen LogP contribution in [0, 0.1) is 35.7 Å². The SMILES string of the molecule is C#CCN(CC1CC1)C(=O)c1cc(F)c(F)c(O)c1F. The number of rotatable bonds is 4. The van der Waals surface area contributed by atoms with E-state index in [1.807, 2.05) is 0 Å². The van der Waals surface area contributed by atoms with Gasteiger partial charge in [-0.2, -0.15) is 4.39 Å². The van der Waals surface area contributed by atoms with E-state index in [4.69, 9.17) is 11.5 Å². The molecule has 0 heterocycles. The van der Waals surface area contributed by atoms with Gasteiger partial charge in [0.25, 0.3) is 5.91 Å². The quantitative estimate of drug-likeness (QED) is 0.680. The number of hydrogen-bond acceptors (Lipinski definition) is 2. The van der Waals surface area contributed by atoms with Crippen molar-refractivity contribution in [3.8, 4) is 18.1 Å². The number of carbonyl (C=O) groups excluding carboxylic acids is 1. The first-order valence-corrected chi connectivity index (χ1v) is 6.05. The highest BCUT2D eigenvalue weighted by molar-refractivity contribution is 5.95. The largest absolute Gasteiger partial charge is 0.503 e. The van der Waals surface area contributed by atoms with Gasteiger partial charge in [-0.05, 0) is 24.8 Å². The third kappa shape index (κ3) is 2.72. The number of aromatic hydroxyl groups is 1. The zero-order valence-corrected chi connectivity index (χ0v) is 10.5. The normalized spacial score (nSPS) is 13.9. The van der Waals surface area contributed by atoms with Crippen LogP contribution in [0.3, 0.4) is 0 Å². The van der Waals surface area contributed by atoms with E-state index in [1.54, 1.807) is 0 Å². The average molecular weight is 283 g/mol. The predicted octanol–water partition coefficient (Wildman–Crippen LogP) is 2.29. The monoisotopic (exact) mass is 283 g/mol. The lowest BCUT2D eigenvalue weighted by Gasteiger charge is -2.20. The fourth-order valence-electron chi connectivity index (χ4n) is 1.86. The van der Waals surface area contributed by atoms with E-state index in [2.05, 4.69) is 5.92 Å². The molecule has 20 heavy (non-hydrogen) atoms. The molecule has 0 spiro atoms. The number of benzene rings is 1. The maximum atomic E-state index is 13.7. The van der Waals surface area contributed by atoms with Crippen molar-refractivity contribution >= 4 is 5.91 Å². The maximum Gasteiger partial charge on any atom is 0.257 e. The van der Waals surface area contributed by atoms with Crippen LogP contribution in [0.2, 0.25) is 0 Å². The van der Waals surface area contributed by atoms with Gasteiger partial charge in [0.1, 0.15) is 0 Å². The minimum Gasteiger partial charge on any atom is -0.503 e. The van der Waals surface area contributed by atoms with Gasteiger partial charge in [-0.25, -0.2) is 8.78 Å². The lowest BCUT2D eigenvalue weighted by Crippen LogP contribution is -2.34. The van der Waals surface area contributed by atoms with E-state index in [0.29, 0.717) is 18.5 Å². The van der Waals surface area contributed by atoms with Gasteiger partial charge in [0.15, 0.2) is 17.4 Å². The number of amides is 1. The van der Waals surface area contributed by atoms with Crippen molar-refractivity contribution in [3.05, 3.63) is 29.1 Å². The number of phenols is 1. The van der Waals surface area contributed by atoms with Gasteiger partial charge in [0.05, 0.1) is 12.1 Å². The third-order valence-electron chi connectivity index (χ3n) is 3.11. The first-order chi connectivity index (χ1) is 9.45. The summed E-state index contributed by atoms with van der Waals surface area (Å²) in [6, 6.07) is 0.434. The summed E-state index contributed by atoms with van der Waals surface area (Å²) in [6.07, 6.45) is 7.03. The minimum atomic E-state index is -1.72. The topological polar surface area (TPSA) is 40.5 Å². The Bertz CT molecular complexity index is 591. The second-order valence-corrected chi connectivity index (χ2v) is 4.72. The highest BCUT2D eigenvalue weighted by atomic mass is 19.2. The summed E-state index contributed by atoms with van der Waals surface area (Å²) in [5.74, 6) is -4.48. The van der Waals surface area contributed by atoms with Crippen LogP contribution in [-0.2, 0) is 0 Å². The van der Waals surface area contributed by atoms with Crippen LogP contribution >= 0.6 is 0 Å². The standard InChI is InChI=1S/C14H12F3NO2/c1-2-5-18(7-8-3-4-8)14(20)9-6-10(15)12(17)13(19)11(9)16/h1,6,8,19H,3-5,7H2. The molecule has 6 heteroatoms. The van der Waals surface area contributed by atoms with E-state index in [-0.39, 0.29) is 6.54 Å². The molecule has 1 aliphatic rings. The summed E-state index contributed by atoms with van der Waals surface area (Å²) in [5, 5.41) is 9.12. The lowest BCUT2D eigenvalue weighted by molar-refractivity contribution is 0.0763. The molecule has 0 saturated heterocycles. The van der Waals surface area contributed by atoms with E-state index < -0.39 is 34.7 Å². The van der Waals surface area contributed by atoms with E-state index >= 15 is 0 Å². The molecule has 1 N–H and O–H groups in total. The van der Waals surface area contributed by atoms with Gasteiger partial charge in [-0.15, -0.1) is 6.42 Å². The summed E-state index contributed by atoms with van der Waals surface area (Å²) >= 11 is 0. The number of carbonyl (C=O) groups is 1. The van der Waals surface area contributed by atoms with Crippen LogP contribution in [-0.4, -0.2) is 29.0 Å². The van der Waals surface area contributed by atoms with E-state index in [9.17, 15) is 18.0 Å². The van der Waals surface area contributed by atoms with Crippen molar-refractivity contribution in [2.24, 2.45) is 5.92 Å². The molecule has 1 amide bonds. The molecule has 1 aliphatic carbocycles. The third-order valence-corrected chi connectivity index (χ3v) is 3.11. The molecule has 0 aromatic heterocycles.